The first kappa shape index (κ1) is 27.5. The fourth-order valence-corrected chi connectivity index (χ4v) is 4.30. The highest BCUT2D eigenvalue weighted by molar-refractivity contribution is 5.92. The van der Waals surface area contributed by atoms with Crippen LogP contribution in [0.25, 0.3) is 10.8 Å². The van der Waals surface area contributed by atoms with E-state index in [1.165, 1.54) is 16.3 Å². The zero-order valence-electron chi connectivity index (χ0n) is 21.9. The molecular weight excluding hydrogens is 446 g/mol. The van der Waals surface area contributed by atoms with Gasteiger partial charge in [0.15, 0.2) is 0 Å². The van der Waals surface area contributed by atoms with Crippen molar-refractivity contribution in [1.29, 1.82) is 0 Å². The minimum Gasteiger partial charge on any atom is -0.388 e. The first-order valence-electron chi connectivity index (χ1n) is 13.0. The van der Waals surface area contributed by atoms with E-state index >= 15 is 0 Å². The third-order valence-electron chi connectivity index (χ3n) is 6.62. The number of hydrogen-bond acceptors (Lipinski definition) is 3. The van der Waals surface area contributed by atoms with E-state index in [4.69, 9.17) is 4.74 Å². The number of unbranched alkanes of at least 4 members (excludes halogenated alkanes) is 1. The minimum atomic E-state index is -0.517. The van der Waals surface area contributed by atoms with Crippen molar-refractivity contribution in [3.63, 3.8) is 0 Å². The molecule has 1 amide bonds. The van der Waals surface area contributed by atoms with Crippen LogP contribution in [0.2, 0.25) is 0 Å². The van der Waals surface area contributed by atoms with Gasteiger partial charge < -0.3 is 14.7 Å². The number of amides is 1. The molecule has 1 heterocycles. The molecule has 1 saturated heterocycles. The van der Waals surface area contributed by atoms with Gasteiger partial charge in [-0.15, -0.1) is 0 Å². The first-order valence-corrected chi connectivity index (χ1v) is 13.0. The molecular formula is C32H39NO3. The second kappa shape index (κ2) is 14.4. The Hall–Kier alpha value is -3.13. The Labute approximate surface area is 216 Å². The van der Waals surface area contributed by atoms with E-state index < -0.39 is 6.10 Å². The van der Waals surface area contributed by atoms with E-state index in [0.717, 1.165) is 30.4 Å². The molecule has 190 valence electrons. The van der Waals surface area contributed by atoms with Gasteiger partial charge in [-0.05, 0) is 61.1 Å². The second-order valence-corrected chi connectivity index (χ2v) is 9.48. The summed E-state index contributed by atoms with van der Waals surface area (Å²) < 4.78 is 5.30. The molecule has 3 rings (SSSR count). The van der Waals surface area contributed by atoms with E-state index in [2.05, 4.69) is 60.4 Å². The molecule has 0 aliphatic carbocycles. The molecule has 0 saturated carbocycles. The molecule has 1 N–H and O–H groups in total. The molecule has 0 unspecified atom stereocenters. The number of carbonyl (C=O) groups is 1. The van der Waals surface area contributed by atoms with E-state index in [0.29, 0.717) is 32.7 Å². The van der Waals surface area contributed by atoms with Crippen LogP contribution in [-0.2, 0) is 16.0 Å². The number of ether oxygens (including phenoxy) is 1. The Balaban J connectivity index is 1.39. The van der Waals surface area contributed by atoms with Crippen LogP contribution in [0, 0.1) is 17.8 Å². The predicted octanol–water partition coefficient (Wildman–Crippen LogP) is 5.86. The molecule has 2 atom stereocenters. The Bertz CT molecular complexity index is 1160. The summed E-state index contributed by atoms with van der Waals surface area (Å²) in [7, 11) is 0. The van der Waals surface area contributed by atoms with Gasteiger partial charge in [0, 0.05) is 31.0 Å². The smallest absolute Gasteiger partial charge is 0.249 e. The van der Waals surface area contributed by atoms with Gasteiger partial charge >= 0.3 is 0 Å². The number of morpholine rings is 1. The number of fused-ring (bicyclic) bond motifs is 1. The number of aryl methyl sites for hydroxylation is 1. The number of allylic oxidation sites excluding steroid dienone is 3. The average molecular weight is 486 g/mol. The van der Waals surface area contributed by atoms with Crippen molar-refractivity contribution >= 4 is 16.7 Å². The molecule has 2 aromatic carbocycles. The maximum atomic E-state index is 12.4. The number of aliphatic hydroxyl groups is 1. The average Bonchev–Trinajstić information content (AvgIpc) is 2.91. The highest BCUT2D eigenvalue weighted by Crippen LogP contribution is 2.18. The number of carbonyl (C=O) groups excluding carboxylic acids is 1. The SMILES string of the molecule is C/C(=C\CCC#C/C=C/[C@@H](C)[C@@H](O)/C(C)=C/CCc1ccc2ccccc2c1)C(=O)N1CCOCC1. The van der Waals surface area contributed by atoms with Gasteiger partial charge in [-0.25, -0.2) is 0 Å². The minimum absolute atomic E-state index is 0.00972. The topological polar surface area (TPSA) is 49.8 Å². The number of aliphatic hydroxyl groups excluding tert-OH is 1. The van der Waals surface area contributed by atoms with Crippen LogP contribution in [0.1, 0.15) is 45.6 Å². The number of benzene rings is 2. The molecule has 2 aromatic rings. The van der Waals surface area contributed by atoms with Crippen molar-refractivity contribution in [2.45, 2.75) is 52.6 Å². The van der Waals surface area contributed by atoms with E-state index in [9.17, 15) is 9.90 Å². The lowest BCUT2D eigenvalue weighted by molar-refractivity contribution is -0.131. The summed E-state index contributed by atoms with van der Waals surface area (Å²) in [5.74, 6) is 6.26. The summed E-state index contributed by atoms with van der Waals surface area (Å²) in [5.41, 5.74) is 3.08. The standard InChI is InChI=1S/C32H39NO3/c1-25(12-7-5-4-6-8-13-27(3)32(35)33-20-22-36-23-21-33)31(34)26(2)14-11-15-28-18-19-29-16-9-10-17-30(29)24-28/h7,9-10,12-14,16-19,24-25,31,34H,6,8,11,15,20-23H2,1-3H3/b12-7+,26-14+,27-13+/t25-,31-/m1/s1. The van der Waals surface area contributed by atoms with Gasteiger partial charge in [-0.3, -0.25) is 4.79 Å². The van der Waals surface area contributed by atoms with Gasteiger partial charge in [0.05, 0.1) is 19.3 Å². The highest BCUT2D eigenvalue weighted by atomic mass is 16.5. The Morgan fingerprint density at radius 3 is 2.61 bits per heavy atom. The molecule has 0 aromatic heterocycles. The molecule has 4 heteroatoms. The molecule has 4 nitrogen and oxygen atoms in total. The summed E-state index contributed by atoms with van der Waals surface area (Å²) in [6.07, 6.45) is 10.7. The van der Waals surface area contributed by atoms with Crippen molar-refractivity contribution in [3.05, 3.63) is 83.5 Å². The van der Waals surface area contributed by atoms with Crippen molar-refractivity contribution in [1.82, 2.24) is 4.90 Å². The number of hydrogen-bond donors (Lipinski definition) is 1. The fourth-order valence-electron chi connectivity index (χ4n) is 4.30. The summed E-state index contributed by atoms with van der Waals surface area (Å²) in [4.78, 5) is 14.2. The molecule has 36 heavy (non-hydrogen) atoms. The fraction of sp³-hybridized carbons (Fsp3) is 0.406. The lowest BCUT2D eigenvalue weighted by Crippen LogP contribution is -2.41. The quantitative estimate of drug-likeness (QED) is 0.209. The Morgan fingerprint density at radius 2 is 1.83 bits per heavy atom. The molecule has 0 bridgehead atoms. The lowest BCUT2D eigenvalue weighted by Gasteiger charge is -2.27. The van der Waals surface area contributed by atoms with Crippen molar-refractivity contribution in [2.24, 2.45) is 5.92 Å². The van der Waals surface area contributed by atoms with Gasteiger partial charge in [0.1, 0.15) is 0 Å². The van der Waals surface area contributed by atoms with Crippen LogP contribution in [0.4, 0.5) is 0 Å². The maximum absolute atomic E-state index is 12.4. The second-order valence-electron chi connectivity index (χ2n) is 9.48. The van der Waals surface area contributed by atoms with Gasteiger partial charge in [0.25, 0.3) is 0 Å². The molecule has 0 radical (unpaired) electrons. The normalized spacial score (nSPS) is 16.6. The molecule has 0 spiro atoms. The number of nitrogens with zero attached hydrogens (tertiary/aromatic N) is 1. The summed E-state index contributed by atoms with van der Waals surface area (Å²) in [5, 5.41) is 13.2. The maximum Gasteiger partial charge on any atom is 0.249 e. The largest absolute Gasteiger partial charge is 0.388 e. The summed E-state index contributed by atoms with van der Waals surface area (Å²) >= 11 is 0. The third kappa shape index (κ3) is 8.52. The first-order chi connectivity index (χ1) is 17.5. The van der Waals surface area contributed by atoms with Gasteiger partial charge in [-0.1, -0.05) is 79.5 Å². The van der Waals surface area contributed by atoms with Crippen LogP contribution >= 0.6 is 0 Å². The van der Waals surface area contributed by atoms with E-state index in [-0.39, 0.29) is 11.8 Å². The van der Waals surface area contributed by atoms with E-state index in [1.807, 2.05) is 43.9 Å². The third-order valence-corrected chi connectivity index (χ3v) is 6.62. The van der Waals surface area contributed by atoms with Crippen LogP contribution in [0.15, 0.2) is 77.9 Å². The predicted molar refractivity (Wildman–Crippen MR) is 149 cm³/mol. The van der Waals surface area contributed by atoms with Crippen LogP contribution in [0.3, 0.4) is 0 Å². The van der Waals surface area contributed by atoms with Gasteiger partial charge in [0.2, 0.25) is 5.91 Å². The van der Waals surface area contributed by atoms with E-state index in [1.54, 1.807) is 0 Å². The zero-order valence-corrected chi connectivity index (χ0v) is 21.9. The summed E-state index contributed by atoms with van der Waals surface area (Å²) in [6.45, 7) is 8.43. The Morgan fingerprint density at radius 1 is 1.08 bits per heavy atom. The van der Waals surface area contributed by atoms with Crippen molar-refractivity contribution in [3.8, 4) is 11.8 Å². The highest BCUT2D eigenvalue weighted by Gasteiger charge is 2.17. The molecule has 1 aliphatic heterocycles. The van der Waals surface area contributed by atoms with Gasteiger partial charge in [-0.2, -0.15) is 0 Å². The molecule has 1 fully saturated rings. The number of rotatable bonds is 9. The van der Waals surface area contributed by atoms with Crippen LogP contribution in [0.5, 0.6) is 0 Å². The summed E-state index contributed by atoms with van der Waals surface area (Å²) in [6, 6.07) is 15.0. The molecule has 1 aliphatic rings. The Kier molecular flexibility index (Phi) is 11.0. The monoisotopic (exact) mass is 485 g/mol. The lowest BCUT2D eigenvalue weighted by atomic mass is 9.96. The van der Waals surface area contributed by atoms with Crippen LogP contribution < -0.4 is 0 Å². The zero-order chi connectivity index (χ0) is 25.8. The van der Waals surface area contributed by atoms with Crippen molar-refractivity contribution in [2.75, 3.05) is 26.3 Å². The van der Waals surface area contributed by atoms with Crippen molar-refractivity contribution < 1.29 is 14.6 Å². The van der Waals surface area contributed by atoms with Crippen LogP contribution in [-0.4, -0.2) is 48.3 Å².